The van der Waals surface area contributed by atoms with E-state index in [0.29, 0.717) is 11.2 Å². The fourth-order valence-electron chi connectivity index (χ4n) is 2.91. The molecule has 3 nitrogen and oxygen atoms in total. The van der Waals surface area contributed by atoms with Crippen molar-refractivity contribution >= 4 is 34.4 Å². The van der Waals surface area contributed by atoms with E-state index in [2.05, 4.69) is 27.6 Å². The summed E-state index contributed by atoms with van der Waals surface area (Å²) in [6.07, 6.45) is 7.35. The first kappa shape index (κ1) is 13.0. The highest BCUT2D eigenvalue weighted by Gasteiger charge is 2.26. The molecule has 98 valence electrons. The second kappa shape index (κ2) is 5.53. The summed E-state index contributed by atoms with van der Waals surface area (Å²) in [5.41, 5.74) is 1.13. The molecule has 3 rings (SSSR count). The lowest BCUT2D eigenvalue weighted by molar-refractivity contribution is 0.665. The van der Waals surface area contributed by atoms with E-state index in [-0.39, 0.29) is 5.56 Å². The topological polar surface area (TPSA) is 45.8 Å². The van der Waals surface area contributed by atoms with Gasteiger partial charge in [0.2, 0.25) is 0 Å². The summed E-state index contributed by atoms with van der Waals surface area (Å²) in [4.78, 5) is 19.9. The zero-order valence-corrected chi connectivity index (χ0v) is 13.2. The van der Waals surface area contributed by atoms with E-state index in [1.165, 1.54) is 37.9 Å². The van der Waals surface area contributed by atoms with Gasteiger partial charge >= 0.3 is 0 Å². The van der Waals surface area contributed by atoms with E-state index in [1.807, 2.05) is 11.8 Å². The van der Waals surface area contributed by atoms with Gasteiger partial charge in [-0.05, 0) is 54.0 Å². The number of aromatic amines is 1. The van der Waals surface area contributed by atoms with Crippen molar-refractivity contribution in [3.05, 3.63) is 25.4 Å². The van der Waals surface area contributed by atoms with Crippen molar-refractivity contribution in [1.29, 1.82) is 0 Å². The monoisotopic (exact) mass is 376 g/mol. The molecule has 1 atom stereocenters. The first-order valence-electron chi connectivity index (χ1n) is 6.67. The Morgan fingerprint density at radius 3 is 2.67 bits per heavy atom. The predicted octanol–water partition coefficient (Wildman–Crippen LogP) is 3.60. The SMILES string of the molecule is O=c1[nH]c(C2CCCS2)nc(C2CCCC2)c1I. The molecule has 1 aromatic heterocycles. The molecule has 0 spiro atoms. The van der Waals surface area contributed by atoms with Crippen LogP contribution in [0.4, 0.5) is 0 Å². The van der Waals surface area contributed by atoms with E-state index in [9.17, 15) is 4.79 Å². The zero-order valence-electron chi connectivity index (χ0n) is 10.2. The van der Waals surface area contributed by atoms with Gasteiger partial charge < -0.3 is 4.98 Å². The molecule has 2 heterocycles. The highest BCUT2D eigenvalue weighted by molar-refractivity contribution is 14.1. The number of aromatic nitrogens is 2. The van der Waals surface area contributed by atoms with Crippen LogP contribution in [-0.2, 0) is 0 Å². The molecule has 2 aliphatic rings. The lowest BCUT2D eigenvalue weighted by atomic mass is 10.0. The molecular weight excluding hydrogens is 359 g/mol. The highest BCUT2D eigenvalue weighted by Crippen LogP contribution is 2.39. The molecule has 0 aromatic carbocycles. The van der Waals surface area contributed by atoms with Crippen LogP contribution in [0.5, 0.6) is 0 Å². The van der Waals surface area contributed by atoms with Gasteiger partial charge in [-0.1, -0.05) is 12.8 Å². The van der Waals surface area contributed by atoms with Crippen molar-refractivity contribution in [2.75, 3.05) is 5.75 Å². The number of nitrogens with one attached hydrogen (secondary N) is 1. The average molecular weight is 376 g/mol. The third-order valence-electron chi connectivity index (χ3n) is 3.88. The molecule has 1 saturated carbocycles. The molecule has 0 radical (unpaired) electrons. The van der Waals surface area contributed by atoms with E-state index < -0.39 is 0 Å². The maximum absolute atomic E-state index is 12.1. The number of hydrogen-bond donors (Lipinski definition) is 1. The van der Waals surface area contributed by atoms with Crippen LogP contribution in [0.2, 0.25) is 0 Å². The van der Waals surface area contributed by atoms with Crippen LogP contribution in [0.15, 0.2) is 4.79 Å². The van der Waals surface area contributed by atoms with Gasteiger partial charge in [0.1, 0.15) is 5.82 Å². The van der Waals surface area contributed by atoms with Gasteiger partial charge in [0, 0.05) is 5.92 Å². The molecular formula is C13H17IN2OS. The first-order valence-corrected chi connectivity index (χ1v) is 8.79. The molecule has 1 aliphatic heterocycles. The van der Waals surface area contributed by atoms with Crippen LogP contribution < -0.4 is 5.56 Å². The minimum absolute atomic E-state index is 0.0648. The van der Waals surface area contributed by atoms with Crippen molar-refractivity contribution in [3.8, 4) is 0 Å². The predicted molar refractivity (Wildman–Crippen MR) is 83.2 cm³/mol. The number of nitrogens with zero attached hydrogens (tertiary/aromatic N) is 1. The van der Waals surface area contributed by atoms with Crippen molar-refractivity contribution in [3.63, 3.8) is 0 Å². The summed E-state index contributed by atoms with van der Waals surface area (Å²) in [5, 5.41) is 0.412. The largest absolute Gasteiger partial charge is 0.309 e. The Bertz CT molecular complexity index is 490. The van der Waals surface area contributed by atoms with Crippen LogP contribution in [-0.4, -0.2) is 15.7 Å². The van der Waals surface area contributed by atoms with Crippen LogP contribution in [0.25, 0.3) is 0 Å². The van der Waals surface area contributed by atoms with Crippen molar-refractivity contribution in [2.24, 2.45) is 0 Å². The van der Waals surface area contributed by atoms with Gasteiger partial charge in [-0.2, -0.15) is 11.8 Å². The smallest absolute Gasteiger partial charge is 0.264 e. The van der Waals surface area contributed by atoms with Crippen LogP contribution in [0, 0.1) is 3.57 Å². The van der Waals surface area contributed by atoms with Gasteiger partial charge in [-0.25, -0.2) is 4.98 Å². The molecule has 1 aliphatic carbocycles. The molecule has 1 saturated heterocycles. The van der Waals surface area contributed by atoms with Crippen molar-refractivity contribution < 1.29 is 0 Å². The fraction of sp³-hybridized carbons (Fsp3) is 0.692. The maximum Gasteiger partial charge on any atom is 0.264 e. The van der Waals surface area contributed by atoms with E-state index in [0.717, 1.165) is 21.5 Å². The molecule has 1 unspecified atom stereocenters. The van der Waals surface area contributed by atoms with E-state index >= 15 is 0 Å². The van der Waals surface area contributed by atoms with Crippen LogP contribution >= 0.6 is 34.4 Å². The molecule has 1 aromatic rings. The summed E-state index contributed by atoms with van der Waals surface area (Å²) in [6.45, 7) is 0. The lowest BCUT2D eigenvalue weighted by Gasteiger charge is -2.14. The number of thioether (sulfide) groups is 1. The fourth-order valence-corrected chi connectivity index (χ4v) is 4.83. The van der Waals surface area contributed by atoms with Gasteiger partial charge in [0.25, 0.3) is 5.56 Å². The Morgan fingerprint density at radius 2 is 2.00 bits per heavy atom. The lowest BCUT2D eigenvalue weighted by Crippen LogP contribution is -2.20. The van der Waals surface area contributed by atoms with Gasteiger partial charge in [0.05, 0.1) is 14.5 Å². The molecule has 1 N–H and O–H groups in total. The quantitative estimate of drug-likeness (QED) is 0.803. The molecule has 5 heteroatoms. The second-order valence-electron chi connectivity index (χ2n) is 5.13. The number of hydrogen-bond acceptors (Lipinski definition) is 3. The van der Waals surface area contributed by atoms with Crippen molar-refractivity contribution in [2.45, 2.75) is 49.7 Å². The molecule has 0 bridgehead atoms. The Balaban J connectivity index is 1.98. The summed E-state index contributed by atoms with van der Waals surface area (Å²) < 4.78 is 0.811. The van der Waals surface area contributed by atoms with Crippen LogP contribution in [0.1, 0.15) is 61.2 Å². The number of H-pyrrole nitrogens is 1. The summed E-state index contributed by atoms with van der Waals surface area (Å²) in [7, 11) is 0. The Kier molecular flexibility index (Phi) is 3.98. The summed E-state index contributed by atoms with van der Waals surface area (Å²) >= 11 is 4.09. The first-order chi connectivity index (χ1) is 8.75. The van der Waals surface area contributed by atoms with E-state index in [4.69, 9.17) is 4.98 Å². The normalized spacial score (nSPS) is 24.8. The Labute approximate surface area is 125 Å². The third kappa shape index (κ3) is 2.48. The van der Waals surface area contributed by atoms with Crippen molar-refractivity contribution in [1.82, 2.24) is 9.97 Å². The third-order valence-corrected chi connectivity index (χ3v) is 6.31. The highest BCUT2D eigenvalue weighted by atomic mass is 127. The number of rotatable bonds is 2. The maximum atomic E-state index is 12.1. The summed E-state index contributed by atoms with van der Waals surface area (Å²) in [5.74, 6) is 2.63. The van der Waals surface area contributed by atoms with Gasteiger partial charge in [-0.15, -0.1) is 0 Å². The molecule has 0 amide bonds. The minimum atomic E-state index is 0.0648. The second-order valence-corrected chi connectivity index (χ2v) is 7.52. The van der Waals surface area contributed by atoms with Crippen LogP contribution in [0.3, 0.4) is 0 Å². The number of halogens is 1. The average Bonchev–Trinajstić information content (AvgIpc) is 3.03. The molecule has 18 heavy (non-hydrogen) atoms. The van der Waals surface area contributed by atoms with Gasteiger partial charge in [-0.3, -0.25) is 4.79 Å². The molecule has 2 fully saturated rings. The minimum Gasteiger partial charge on any atom is -0.309 e. The Morgan fingerprint density at radius 1 is 1.22 bits per heavy atom. The Hall–Kier alpha value is -0.0400. The van der Waals surface area contributed by atoms with Gasteiger partial charge in [0.15, 0.2) is 0 Å². The van der Waals surface area contributed by atoms with E-state index in [1.54, 1.807) is 0 Å². The standard InChI is InChI=1S/C13H17IN2OS/c14-10-11(8-4-1-2-5-8)15-12(16-13(10)17)9-6-3-7-18-9/h8-9H,1-7H2,(H,15,16,17). The summed E-state index contributed by atoms with van der Waals surface area (Å²) in [6, 6.07) is 0. The zero-order chi connectivity index (χ0) is 12.5.